The van der Waals surface area contributed by atoms with Gasteiger partial charge < -0.3 is 10.1 Å². The van der Waals surface area contributed by atoms with Crippen LogP contribution in [0.15, 0.2) is 65.4 Å². The third-order valence-corrected chi connectivity index (χ3v) is 3.99. The number of anilines is 2. The zero-order chi connectivity index (χ0) is 18.6. The van der Waals surface area contributed by atoms with Crippen molar-refractivity contribution < 1.29 is 17.9 Å². The molecule has 0 radical (unpaired) electrons. The fourth-order valence-electron chi connectivity index (χ4n) is 2.12. The summed E-state index contributed by atoms with van der Waals surface area (Å²) in [7, 11) is 0. The van der Waals surface area contributed by atoms with E-state index in [-0.39, 0.29) is 0 Å². The number of hydrogen-bond donors (Lipinski definition) is 1. The maximum atomic E-state index is 12.6. The van der Waals surface area contributed by atoms with Gasteiger partial charge in [0.25, 0.3) is 0 Å². The van der Waals surface area contributed by atoms with Crippen LogP contribution >= 0.6 is 15.9 Å². The zero-order valence-corrected chi connectivity index (χ0v) is 14.9. The van der Waals surface area contributed by atoms with E-state index in [0.717, 1.165) is 17.7 Å². The molecule has 0 unspecified atom stereocenters. The highest BCUT2D eigenvalue weighted by Crippen LogP contribution is 2.31. The molecule has 1 heterocycles. The molecule has 2 aromatic carbocycles. The van der Waals surface area contributed by atoms with Crippen LogP contribution < -0.4 is 10.1 Å². The summed E-state index contributed by atoms with van der Waals surface area (Å²) in [5.41, 5.74) is 0.718. The van der Waals surface area contributed by atoms with Gasteiger partial charge in [-0.3, -0.25) is 0 Å². The highest BCUT2D eigenvalue weighted by atomic mass is 79.9. The molecule has 0 fully saturated rings. The Bertz CT molecular complexity index is 871. The topological polar surface area (TPSA) is 47.0 Å². The minimum absolute atomic E-state index is 0.298. The van der Waals surface area contributed by atoms with Crippen LogP contribution in [-0.4, -0.2) is 9.97 Å². The summed E-state index contributed by atoms with van der Waals surface area (Å²) in [6.07, 6.45) is -2.91. The van der Waals surface area contributed by atoms with E-state index in [2.05, 4.69) is 31.2 Å². The number of benzene rings is 2. The summed E-state index contributed by atoms with van der Waals surface area (Å²) in [6, 6.07) is 14.2. The van der Waals surface area contributed by atoms with Crippen LogP contribution in [0.1, 0.15) is 11.1 Å². The summed E-state index contributed by atoms with van der Waals surface area (Å²) in [4.78, 5) is 8.42. The molecular formula is C18H13BrF3N3O. The van der Waals surface area contributed by atoms with Gasteiger partial charge in [-0.1, -0.05) is 30.3 Å². The minimum atomic E-state index is -4.37. The maximum Gasteiger partial charge on any atom is 0.416 e. The van der Waals surface area contributed by atoms with Crippen molar-refractivity contribution in [2.75, 3.05) is 5.32 Å². The molecule has 0 amide bonds. The van der Waals surface area contributed by atoms with Crippen molar-refractivity contribution >= 4 is 27.4 Å². The van der Waals surface area contributed by atoms with E-state index in [9.17, 15) is 13.2 Å². The predicted molar refractivity (Wildman–Crippen MR) is 95.2 cm³/mol. The van der Waals surface area contributed by atoms with Crippen LogP contribution in [0.25, 0.3) is 0 Å². The van der Waals surface area contributed by atoms with Gasteiger partial charge in [-0.2, -0.15) is 18.2 Å². The van der Waals surface area contributed by atoms with E-state index >= 15 is 0 Å². The van der Waals surface area contributed by atoms with E-state index in [1.54, 1.807) is 0 Å². The van der Waals surface area contributed by atoms with Gasteiger partial charge in [0.2, 0.25) is 5.88 Å². The summed E-state index contributed by atoms with van der Waals surface area (Å²) in [6.45, 7) is 0.330. The Morgan fingerprint density at radius 3 is 2.35 bits per heavy atom. The van der Waals surface area contributed by atoms with Gasteiger partial charge in [0.05, 0.1) is 11.8 Å². The largest absolute Gasteiger partial charge is 0.472 e. The first-order valence-electron chi connectivity index (χ1n) is 7.55. The van der Waals surface area contributed by atoms with Gasteiger partial charge in [0.1, 0.15) is 11.2 Å². The van der Waals surface area contributed by atoms with Gasteiger partial charge in [0, 0.05) is 5.69 Å². The number of alkyl halides is 3. The molecule has 3 aromatic rings. The summed E-state index contributed by atoms with van der Waals surface area (Å²) in [5.74, 6) is 0.641. The van der Waals surface area contributed by atoms with Crippen LogP contribution in [0.3, 0.4) is 0 Å². The molecule has 4 nitrogen and oxygen atoms in total. The number of nitrogens with one attached hydrogen (secondary N) is 1. The molecule has 8 heteroatoms. The van der Waals surface area contributed by atoms with Gasteiger partial charge in [0.15, 0.2) is 5.82 Å². The molecule has 1 aromatic heterocycles. The van der Waals surface area contributed by atoms with Crippen molar-refractivity contribution in [2.24, 2.45) is 0 Å². The van der Waals surface area contributed by atoms with Crippen molar-refractivity contribution in [3.63, 3.8) is 0 Å². The minimum Gasteiger partial charge on any atom is -0.472 e. The second kappa shape index (κ2) is 7.74. The maximum absolute atomic E-state index is 12.6. The Hall–Kier alpha value is -2.61. The SMILES string of the molecule is FC(F)(F)c1ccc(Nc2nc(OCc3ccccc3)cnc2Br)cc1. The lowest BCUT2D eigenvalue weighted by Gasteiger charge is -2.11. The molecule has 0 spiro atoms. The first-order valence-corrected chi connectivity index (χ1v) is 8.35. The molecule has 0 bridgehead atoms. The molecule has 0 saturated heterocycles. The second-order valence-corrected chi connectivity index (χ2v) is 6.07. The van der Waals surface area contributed by atoms with E-state index in [4.69, 9.17) is 4.74 Å². The van der Waals surface area contributed by atoms with Gasteiger partial charge in [-0.15, -0.1) is 0 Å². The average Bonchev–Trinajstić information content (AvgIpc) is 2.63. The number of aromatic nitrogens is 2. The number of hydrogen-bond acceptors (Lipinski definition) is 4. The quantitative estimate of drug-likeness (QED) is 0.581. The lowest BCUT2D eigenvalue weighted by molar-refractivity contribution is -0.137. The van der Waals surface area contributed by atoms with Crippen molar-refractivity contribution in [2.45, 2.75) is 12.8 Å². The molecular weight excluding hydrogens is 411 g/mol. The second-order valence-electron chi connectivity index (χ2n) is 5.32. The lowest BCUT2D eigenvalue weighted by atomic mass is 10.2. The van der Waals surface area contributed by atoms with Crippen LogP contribution in [-0.2, 0) is 12.8 Å². The van der Waals surface area contributed by atoms with Crippen molar-refractivity contribution in [3.8, 4) is 5.88 Å². The number of ether oxygens (including phenoxy) is 1. The third-order valence-electron chi connectivity index (χ3n) is 3.41. The highest BCUT2D eigenvalue weighted by Gasteiger charge is 2.29. The van der Waals surface area contributed by atoms with Crippen LogP contribution in [0, 0.1) is 0 Å². The van der Waals surface area contributed by atoms with E-state index in [0.29, 0.717) is 28.6 Å². The van der Waals surface area contributed by atoms with Gasteiger partial charge in [-0.05, 0) is 45.8 Å². The summed E-state index contributed by atoms with van der Waals surface area (Å²) < 4.78 is 43.9. The summed E-state index contributed by atoms with van der Waals surface area (Å²) in [5, 5.41) is 2.92. The van der Waals surface area contributed by atoms with Crippen LogP contribution in [0.5, 0.6) is 5.88 Å². The van der Waals surface area contributed by atoms with E-state index in [1.807, 2.05) is 30.3 Å². The third kappa shape index (κ3) is 4.72. The van der Waals surface area contributed by atoms with Crippen LogP contribution in [0.2, 0.25) is 0 Å². The number of halogens is 4. The molecule has 0 aliphatic carbocycles. The standard InChI is InChI=1S/C18H13BrF3N3O/c19-16-17(24-14-8-6-13(7-9-14)18(20,21)22)25-15(10-23-16)26-11-12-4-2-1-3-5-12/h1-10H,11H2,(H,24,25). The molecule has 1 N–H and O–H groups in total. The number of nitrogens with zero attached hydrogens (tertiary/aromatic N) is 2. The van der Waals surface area contributed by atoms with Crippen molar-refractivity contribution in [1.82, 2.24) is 9.97 Å². The lowest BCUT2D eigenvalue weighted by Crippen LogP contribution is -2.05. The Kier molecular flexibility index (Phi) is 5.41. The molecule has 0 aliphatic heterocycles. The Morgan fingerprint density at radius 1 is 1.00 bits per heavy atom. The van der Waals surface area contributed by atoms with E-state index in [1.165, 1.54) is 18.3 Å². The first kappa shape index (κ1) is 18.2. The van der Waals surface area contributed by atoms with Gasteiger partial charge in [-0.25, -0.2) is 4.98 Å². The molecule has 0 aliphatic rings. The van der Waals surface area contributed by atoms with Crippen molar-refractivity contribution in [1.29, 1.82) is 0 Å². The molecule has 0 saturated carbocycles. The Balaban J connectivity index is 1.71. The van der Waals surface area contributed by atoms with Crippen molar-refractivity contribution in [3.05, 3.63) is 76.5 Å². The highest BCUT2D eigenvalue weighted by molar-refractivity contribution is 9.10. The smallest absolute Gasteiger partial charge is 0.416 e. The first-order chi connectivity index (χ1) is 12.4. The Morgan fingerprint density at radius 2 is 1.69 bits per heavy atom. The number of rotatable bonds is 5. The van der Waals surface area contributed by atoms with Crippen LogP contribution in [0.4, 0.5) is 24.7 Å². The monoisotopic (exact) mass is 423 g/mol. The normalized spacial score (nSPS) is 11.2. The van der Waals surface area contributed by atoms with Gasteiger partial charge >= 0.3 is 6.18 Å². The molecule has 26 heavy (non-hydrogen) atoms. The molecule has 3 rings (SSSR count). The average molecular weight is 424 g/mol. The summed E-state index contributed by atoms with van der Waals surface area (Å²) >= 11 is 3.26. The zero-order valence-electron chi connectivity index (χ0n) is 13.3. The predicted octanol–water partition coefficient (Wildman–Crippen LogP) is 5.58. The molecule has 134 valence electrons. The van der Waals surface area contributed by atoms with E-state index < -0.39 is 11.7 Å². The Labute approximate surface area is 156 Å². The molecule has 0 atom stereocenters. The fraction of sp³-hybridized carbons (Fsp3) is 0.111. The fourth-order valence-corrected chi connectivity index (χ4v) is 2.41.